The summed E-state index contributed by atoms with van der Waals surface area (Å²) in [6.45, 7) is 0. The molecular formula is C10H10N2O3. The van der Waals surface area contributed by atoms with Crippen LogP contribution in [0.5, 0.6) is 0 Å². The topological polar surface area (TPSA) is 83.3 Å². The van der Waals surface area contributed by atoms with Crippen LogP contribution in [0.3, 0.4) is 0 Å². The maximum Gasteiger partial charge on any atom is 0.343 e. The van der Waals surface area contributed by atoms with E-state index >= 15 is 0 Å². The number of carbonyl (C=O) groups excluding carboxylic acids is 1. The molecule has 0 fully saturated rings. The van der Waals surface area contributed by atoms with Crippen LogP contribution in [0.4, 0.5) is 0 Å². The molecule has 1 heterocycles. The molecule has 1 aromatic rings. The fourth-order valence-corrected chi connectivity index (χ4v) is 0.999. The van der Waals surface area contributed by atoms with Crippen LogP contribution < -0.4 is 0 Å². The second kappa shape index (κ2) is 4.90. The van der Waals surface area contributed by atoms with Gasteiger partial charge in [0, 0.05) is 24.2 Å². The molecular weight excluding hydrogens is 196 g/mol. The number of aromatic nitrogens is 1. The summed E-state index contributed by atoms with van der Waals surface area (Å²) in [5.41, 5.74) is 0.220. The highest BCUT2D eigenvalue weighted by atomic mass is 16.5. The molecule has 0 unspecified atom stereocenters. The molecule has 0 aromatic carbocycles. The second-order valence-corrected chi connectivity index (χ2v) is 2.63. The number of ether oxygens (including phenoxy) is 1. The molecule has 0 spiro atoms. The van der Waals surface area contributed by atoms with Crippen LogP contribution in [0, 0.1) is 5.41 Å². The lowest BCUT2D eigenvalue weighted by Gasteiger charge is -2.04. The third-order valence-electron chi connectivity index (χ3n) is 1.76. The zero-order chi connectivity index (χ0) is 11.3. The molecule has 0 saturated carbocycles. The Morgan fingerprint density at radius 3 is 2.60 bits per heavy atom. The van der Waals surface area contributed by atoms with Crippen LogP contribution in [0.25, 0.3) is 5.76 Å². The lowest BCUT2D eigenvalue weighted by molar-refractivity contribution is -0.135. The van der Waals surface area contributed by atoms with Gasteiger partial charge in [0.25, 0.3) is 0 Å². The molecule has 78 valence electrons. The average Bonchev–Trinajstić information content (AvgIpc) is 2.30. The zero-order valence-corrected chi connectivity index (χ0v) is 8.10. The largest absolute Gasteiger partial charge is 0.506 e. The maximum absolute atomic E-state index is 11.2. The first-order chi connectivity index (χ1) is 7.20. The van der Waals surface area contributed by atoms with Crippen molar-refractivity contribution in [2.75, 3.05) is 7.11 Å². The van der Waals surface area contributed by atoms with Gasteiger partial charge in [-0.1, -0.05) is 0 Å². The summed E-state index contributed by atoms with van der Waals surface area (Å²) in [5, 5.41) is 16.7. The first kappa shape index (κ1) is 10.9. The van der Waals surface area contributed by atoms with E-state index in [0.717, 1.165) is 6.21 Å². The van der Waals surface area contributed by atoms with E-state index in [9.17, 15) is 9.90 Å². The van der Waals surface area contributed by atoms with Gasteiger partial charge in [-0.25, -0.2) is 4.79 Å². The second-order valence-electron chi connectivity index (χ2n) is 2.63. The number of nitrogens with one attached hydrogen (secondary N) is 1. The van der Waals surface area contributed by atoms with Gasteiger partial charge in [-0.05, 0) is 12.1 Å². The first-order valence-corrected chi connectivity index (χ1v) is 4.13. The van der Waals surface area contributed by atoms with Gasteiger partial charge in [-0.3, -0.25) is 4.98 Å². The van der Waals surface area contributed by atoms with Crippen LogP contribution in [0.1, 0.15) is 5.56 Å². The molecule has 1 aromatic heterocycles. The van der Waals surface area contributed by atoms with Crippen LogP contribution in [0.15, 0.2) is 30.1 Å². The molecule has 5 heteroatoms. The number of nitrogens with zero attached hydrogens (tertiary/aromatic N) is 1. The number of esters is 1. The van der Waals surface area contributed by atoms with Gasteiger partial charge in [0.1, 0.15) is 11.3 Å². The Balaban J connectivity index is 3.18. The highest BCUT2D eigenvalue weighted by Gasteiger charge is 2.14. The minimum atomic E-state index is -0.751. The summed E-state index contributed by atoms with van der Waals surface area (Å²) in [6.07, 6.45) is 3.70. The molecule has 0 aliphatic rings. The van der Waals surface area contributed by atoms with Crippen LogP contribution in [-0.2, 0) is 9.53 Å². The van der Waals surface area contributed by atoms with E-state index in [4.69, 9.17) is 5.41 Å². The number of aliphatic hydroxyl groups excluding tert-OH is 1. The minimum absolute atomic E-state index is 0.191. The van der Waals surface area contributed by atoms with Crippen molar-refractivity contribution in [3.05, 3.63) is 35.7 Å². The van der Waals surface area contributed by atoms with E-state index in [2.05, 4.69) is 9.72 Å². The van der Waals surface area contributed by atoms with E-state index in [1.54, 1.807) is 0 Å². The van der Waals surface area contributed by atoms with Crippen LogP contribution in [-0.4, -0.2) is 29.4 Å². The van der Waals surface area contributed by atoms with Crippen molar-refractivity contribution in [2.45, 2.75) is 0 Å². The molecule has 0 radical (unpaired) electrons. The molecule has 1 rings (SSSR count). The normalized spacial score (nSPS) is 11.5. The molecule has 0 aliphatic heterocycles. The fourth-order valence-electron chi connectivity index (χ4n) is 0.999. The Hall–Kier alpha value is -2.17. The van der Waals surface area contributed by atoms with Crippen LogP contribution >= 0.6 is 0 Å². The highest BCUT2D eigenvalue weighted by molar-refractivity contribution is 6.14. The van der Waals surface area contributed by atoms with E-state index in [-0.39, 0.29) is 11.3 Å². The molecule has 0 atom stereocenters. The summed E-state index contributed by atoms with van der Waals surface area (Å²) in [4.78, 5) is 14.9. The molecule has 0 amide bonds. The average molecular weight is 206 g/mol. The van der Waals surface area contributed by atoms with Gasteiger partial charge in [0.2, 0.25) is 0 Å². The minimum Gasteiger partial charge on any atom is -0.506 e. The van der Waals surface area contributed by atoms with E-state index in [1.165, 1.54) is 31.6 Å². The third-order valence-corrected chi connectivity index (χ3v) is 1.76. The van der Waals surface area contributed by atoms with Crippen molar-refractivity contribution in [1.82, 2.24) is 4.98 Å². The molecule has 5 nitrogen and oxygen atoms in total. The van der Waals surface area contributed by atoms with E-state index < -0.39 is 5.97 Å². The summed E-state index contributed by atoms with van der Waals surface area (Å²) in [6, 6.07) is 3.06. The number of carbonyl (C=O) groups is 1. The van der Waals surface area contributed by atoms with Crippen LogP contribution in [0.2, 0.25) is 0 Å². The number of hydrogen-bond acceptors (Lipinski definition) is 5. The SMILES string of the molecule is COC(=O)/C(C=N)=C(\O)c1ccncc1. The Morgan fingerprint density at radius 1 is 1.53 bits per heavy atom. The number of aliphatic hydroxyl groups is 1. The Morgan fingerprint density at radius 2 is 2.13 bits per heavy atom. The van der Waals surface area contributed by atoms with Crippen molar-refractivity contribution >= 4 is 17.9 Å². The summed E-state index contributed by atoms with van der Waals surface area (Å²) in [7, 11) is 1.19. The number of pyridine rings is 1. The van der Waals surface area contributed by atoms with Gasteiger partial charge in [-0.15, -0.1) is 0 Å². The van der Waals surface area contributed by atoms with Crippen molar-refractivity contribution in [3.63, 3.8) is 0 Å². The van der Waals surface area contributed by atoms with Gasteiger partial charge < -0.3 is 15.3 Å². The Bertz CT molecular complexity index is 398. The molecule has 2 N–H and O–H groups in total. The van der Waals surface area contributed by atoms with Crippen molar-refractivity contribution in [3.8, 4) is 0 Å². The molecule has 0 aliphatic carbocycles. The van der Waals surface area contributed by atoms with E-state index in [1.807, 2.05) is 0 Å². The quantitative estimate of drug-likeness (QED) is 0.336. The van der Waals surface area contributed by atoms with Crippen molar-refractivity contribution < 1.29 is 14.6 Å². The Kier molecular flexibility index (Phi) is 3.56. The standard InChI is InChI=1S/C10H10N2O3/c1-15-10(14)8(6-11)9(13)7-2-4-12-5-3-7/h2-6,11,13H,1H3/b9-8-,11-6?. The summed E-state index contributed by atoms with van der Waals surface area (Å²) in [5.74, 6) is -1.04. The lowest BCUT2D eigenvalue weighted by atomic mass is 10.1. The number of rotatable bonds is 3. The fraction of sp³-hybridized carbons (Fsp3) is 0.100. The number of hydrogen-bond donors (Lipinski definition) is 2. The Labute approximate surface area is 86.5 Å². The molecule has 15 heavy (non-hydrogen) atoms. The number of methoxy groups -OCH3 is 1. The highest BCUT2D eigenvalue weighted by Crippen LogP contribution is 2.14. The van der Waals surface area contributed by atoms with Crippen molar-refractivity contribution in [1.29, 1.82) is 5.41 Å². The van der Waals surface area contributed by atoms with Crippen molar-refractivity contribution in [2.24, 2.45) is 0 Å². The monoisotopic (exact) mass is 206 g/mol. The van der Waals surface area contributed by atoms with Gasteiger partial charge in [0.05, 0.1) is 7.11 Å². The first-order valence-electron chi connectivity index (χ1n) is 4.13. The zero-order valence-electron chi connectivity index (χ0n) is 8.10. The third kappa shape index (κ3) is 2.40. The molecule has 0 bridgehead atoms. The van der Waals surface area contributed by atoms with Gasteiger partial charge >= 0.3 is 5.97 Å². The van der Waals surface area contributed by atoms with E-state index in [0.29, 0.717) is 5.56 Å². The predicted octanol–water partition coefficient (Wildman–Crippen LogP) is 1.17. The van der Waals surface area contributed by atoms with Gasteiger partial charge in [0.15, 0.2) is 0 Å². The lowest BCUT2D eigenvalue weighted by Crippen LogP contribution is -2.08. The molecule has 0 saturated heterocycles. The summed E-state index contributed by atoms with van der Waals surface area (Å²) < 4.78 is 4.42. The smallest absolute Gasteiger partial charge is 0.343 e. The predicted molar refractivity (Wildman–Crippen MR) is 54.6 cm³/mol. The maximum atomic E-state index is 11.2. The summed E-state index contributed by atoms with van der Waals surface area (Å²) >= 11 is 0. The van der Waals surface area contributed by atoms with Gasteiger partial charge in [-0.2, -0.15) is 0 Å².